The van der Waals surface area contributed by atoms with E-state index in [-0.39, 0.29) is 6.42 Å². The van der Waals surface area contributed by atoms with E-state index in [1.54, 1.807) is 5.38 Å². The molecule has 0 bridgehead atoms. The van der Waals surface area contributed by atoms with E-state index in [4.69, 9.17) is 9.84 Å². The lowest BCUT2D eigenvalue weighted by Gasteiger charge is -2.06. The molecule has 0 saturated heterocycles. The Hall–Kier alpha value is -2.08. The summed E-state index contributed by atoms with van der Waals surface area (Å²) in [6, 6.07) is 7.84. The van der Waals surface area contributed by atoms with Crippen molar-refractivity contribution < 1.29 is 14.6 Å². The molecular formula is C14H16N2O3S. The summed E-state index contributed by atoms with van der Waals surface area (Å²) in [6.45, 7) is 3.22. The summed E-state index contributed by atoms with van der Waals surface area (Å²) in [6.07, 6.45) is -0.0436. The average molecular weight is 292 g/mol. The summed E-state index contributed by atoms with van der Waals surface area (Å²) >= 11 is 1.41. The summed E-state index contributed by atoms with van der Waals surface area (Å²) in [5.41, 5.74) is 1.67. The van der Waals surface area contributed by atoms with E-state index in [1.165, 1.54) is 11.3 Å². The molecule has 20 heavy (non-hydrogen) atoms. The number of hydrogen-bond donors (Lipinski definition) is 2. The maximum atomic E-state index is 10.6. The summed E-state index contributed by atoms with van der Waals surface area (Å²) in [5, 5.41) is 14.4. The normalized spacial score (nSPS) is 10.2. The molecule has 2 N–H and O–H groups in total. The van der Waals surface area contributed by atoms with E-state index in [0.29, 0.717) is 18.8 Å². The van der Waals surface area contributed by atoms with Crippen LogP contribution in [0.4, 0.5) is 5.13 Å². The first kappa shape index (κ1) is 14.3. The lowest BCUT2D eigenvalue weighted by molar-refractivity contribution is -0.136. The predicted octanol–water partition coefficient (Wildman–Crippen LogP) is 2.78. The standard InChI is InChI=1S/C14H16N2O3S/c1-2-19-12-5-3-4-10(6-12)8-15-14-16-11(9-20-14)7-13(17)18/h3-6,9H,2,7-8H2,1H3,(H,15,16)(H,17,18). The zero-order valence-corrected chi connectivity index (χ0v) is 11.9. The van der Waals surface area contributed by atoms with Crippen LogP contribution in [0, 0.1) is 0 Å². The number of nitrogens with one attached hydrogen (secondary N) is 1. The van der Waals surface area contributed by atoms with Crippen molar-refractivity contribution in [3.63, 3.8) is 0 Å². The molecule has 1 aromatic heterocycles. The van der Waals surface area contributed by atoms with Crippen LogP contribution >= 0.6 is 11.3 Å². The van der Waals surface area contributed by atoms with Gasteiger partial charge in [-0.25, -0.2) is 4.98 Å². The quantitative estimate of drug-likeness (QED) is 0.821. The topological polar surface area (TPSA) is 71.5 Å². The second-order valence-corrected chi connectivity index (χ2v) is 5.01. The molecule has 0 aliphatic carbocycles. The van der Waals surface area contributed by atoms with Crippen LogP contribution < -0.4 is 10.1 Å². The van der Waals surface area contributed by atoms with Crippen molar-refractivity contribution in [3.8, 4) is 5.75 Å². The number of rotatable bonds is 7. The van der Waals surface area contributed by atoms with Gasteiger partial charge < -0.3 is 15.2 Å². The number of aliphatic carboxylic acids is 1. The smallest absolute Gasteiger partial charge is 0.309 e. The van der Waals surface area contributed by atoms with Gasteiger partial charge in [-0.3, -0.25) is 4.79 Å². The van der Waals surface area contributed by atoms with Crippen LogP contribution in [0.1, 0.15) is 18.2 Å². The number of carboxylic acids is 1. The number of nitrogens with zero attached hydrogens (tertiary/aromatic N) is 1. The number of ether oxygens (including phenoxy) is 1. The lowest BCUT2D eigenvalue weighted by atomic mass is 10.2. The van der Waals surface area contributed by atoms with Crippen LogP contribution in [-0.4, -0.2) is 22.7 Å². The van der Waals surface area contributed by atoms with Crippen LogP contribution in [0.2, 0.25) is 0 Å². The zero-order chi connectivity index (χ0) is 14.4. The Balaban J connectivity index is 1.92. The summed E-state index contributed by atoms with van der Waals surface area (Å²) in [5.74, 6) is -0.0243. The first-order valence-electron chi connectivity index (χ1n) is 6.29. The number of aromatic nitrogens is 1. The maximum absolute atomic E-state index is 10.6. The molecule has 0 unspecified atom stereocenters. The first-order valence-corrected chi connectivity index (χ1v) is 7.17. The monoisotopic (exact) mass is 292 g/mol. The fraction of sp³-hybridized carbons (Fsp3) is 0.286. The Kier molecular flexibility index (Phi) is 4.95. The zero-order valence-electron chi connectivity index (χ0n) is 11.1. The second-order valence-electron chi connectivity index (χ2n) is 4.15. The maximum Gasteiger partial charge on any atom is 0.309 e. The molecular weight excluding hydrogens is 276 g/mol. The highest BCUT2D eigenvalue weighted by molar-refractivity contribution is 7.13. The molecule has 5 nitrogen and oxygen atoms in total. The molecule has 6 heteroatoms. The van der Waals surface area contributed by atoms with E-state index in [1.807, 2.05) is 31.2 Å². The van der Waals surface area contributed by atoms with Gasteiger partial charge in [0.15, 0.2) is 5.13 Å². The number of carbonyl (C=O) groups is 1. The van der Waals surface area contributed by atoms with E-state index in [2.05, 4.69) is 10.3 Å². The minimum Gasteiger partial charge on any atom is -0.494 e. The van der Waals surface area contributed by atoms with Crippen molar-refractivity contribution in [1.82, 2.24) is 4.98 Å². The molecule has 1 heterocycles. The molecule has 0 radical (unpaired) electrons. The van der Waals surface area contributed by atoms with Crippen molar-refractivity contribution >= 4 is 22.4 Å². The molecule has 2 aromatic rings. The third-order valence-electron chi connectivity index (χ3n) is 2.54. The van der Waals surface area contributed by atoms with Crippen molar-refractivity contribution in [1.29, 1.82) is 0 Å². The number of benzene rings is 1. The Labute approximate surface area is 121 Å². The van der Waals surface area contributed by atoms with Gasteiger partial charge in [-0.1, -0.05) is 12.1 Å². The molecule has 0 saturated carbocycles. The van der Waals surface area contributed by atoms with Crippen LogP contribution in [0.15, 0.2) is 29.6 Å². The van der Waals surface area contributed by atoms with E-state index < -0.39 is 5.97 Å². The van der Waals surface area contributed by atoms with Gasteiger partial charge in [-0.2, -0.15) is 0 Å². The van der Waals surface area contributed by atoms with Crippen molar-refractivity contribution in [3.05, 3.63) is 40.9 Å². The van der Waals surface area contributed by atoms with Gasteiger partial charge in [0.05, 0.1) is 18.7 Å². The van der Waals surface area contributed by atoms with Crippen molar-refractivity contribution in [2.45, 2.75) is 19.9 Å². The van der Waals surface area contributed by atoms with E-state index >= 15 is 0 Å². The van der Waals surface area contributed by atoms with E-state index in [9.17, 15) is 4.79 Å². The van der Waals surface area contributed by atoms with Crippen LogP contribution in [0.25, 0.3) is 0 Å². The van der Waals surface area contributed by atoms with Gasteiger partial charge in [-0.15, -0.1) is 11.3 Å². The molecule has 2 rings (SSSR count). The Morgan fingerprint density at radius 3 is 3.10 bits per heavy atom. The van der Waals surface area contributed by atoms with Crippen molar-refractivity contribution in [2.24, 2.45) is 0 Å². The Bertz CT molecular complexity index is 583. The SMILES string of the molecule is CCOc1cccc(CNc2nc(CC(=O)O)cs2)c1. The Morgan fingerprint density at radius 2 is 2.35 bits per heavy atom. The number of anilines is 1. The molecule has 106 valence electrons. The third kappa shape index (κ3) is 4.24. The number of hydrogen-bond acceptors (Lipinski definition) is 5. The van der Waals surface area contributed by atoms with Gasteiger partial charge in [0, 0.05) is 11.9 Å². The summed E-state index contributed by atoms with van der Waals surface area (Å²) in [7, 11) is 0. The third-order valence-corrected chi connectivity index (χ3v) is 3.39. The highest BCUT2D eigenvalue weighted by Gasteiger charge is 2.06. The van der Waals surface area contributed by atoms with E-state index in [0.717, 1.165) is 16.4 Å². The molecule has 0 spiro atoms. The van der Waals surface area contributed by atoms with Gasteiger partial charge in [-0.05, 0) is 24.6 Å². The molecule has 0 aliphatic rings. The largest absolute Gasteiger partial charge is 0.494 e. The summed E-state index contributed by atoms with van der Waals surface area (Å²) in [4.78, 5) is 14.8. The van der Waals surface area contributed by atoms with Crippen LogP contribution in [0.5, 0.6) is 5.75 Å². The molecule has 0 aliphatic heterocycles. The highest BCUT2D eigenvalue weighted by Crippen LogP contribution is 2.18. The lowest BCUT2D eigenvalue weighted by Crippen LogP contribution is -2.02. The molecule has 0 atom stereocenters. The molecule has 1 aromatic carbocycles. The first-order chi connectivity index (χ1) is 9.67. The van der Waals surface area contributed by atoms with Gasteiger partial charge in [0.25, 0.3) is 0 Å². The van der Waals surface area contributed by atoms with Gasteiger partial charge in [0.2, 0.25) is 0 Å². The number of carboxylic acid groups (broad SMARTS) is 1. The fourth-order valence-electron chi connectivity index (χ4n) is 1.71. The fourth-order valence-corrected chi connectivity index (χ4v) is 2.42. The number of thiazole rings is 1. The van der Waals surface area contributed by atoms with Gasteiger partial charge in [0.1, 0.15) is 5.75 Å². The Morgan fingerprint density at radius 1 is 1.50 bits per heavy atom. The highest BCUT2D eigenvalue weighted by atomic mass is 32.1. The predicted molar refractivity (Wildman–Crippen MR) is 78.4 cm³/mol. The molecule has 0 amide bonds. The molecule has 0 fully saturated rings. The second kappa shape index (κ2) is 6.91. The average Bonchev–Trinajstić information content (AvgIpc) is 2.84. The minimum atomic E-state index is -0.869. The minimum absolute atomic E-state index is 0.0436. The van der Waals surface area contributed by atoms with Crippen LogP contribution in [-0.2, 0) is 17.8 Å². The van der Waals surface area contributed by atoms with Gasteiger partial charge >= 0.3 is 5.97 Å². The van der Waals surface area contributed by atoms with Crippen LogP contribution in [0.3, 0.4) is 0 Å². The summed E-state index contributed by atoms with van der Waals surface area (Å²) < 4.78 is 5.44. The van der Waals surface area contributed by atoms with Crippen molar-refractivity contribution in [2.75, 3.05) is 11.9 Å².